The number of benzene rings is 1. The molecule has 0 aromatic heterocycles. The van der Waals surface area contributed by atoms with Crippen LogP contribution in [0.25, 0.3) is 0 Å². The number of ether oxygens (including phenoxy) is 1. The second kappa shape index (κ2) is 11.8. The van der Waals surface area contributed by atoms with Crippen molar-refractivity contribution in [3.63, 3.8) is 0 Å². The fraction of sp³-hybridized carbons (Fsp3) is 0.708. The van der Waals surface area contributed by atoms with E-state index >= 15 is 0 Å². The first-order valence-electron chi connectivity index (χ1n) is 11.5. The third kappa shape index (κ3) is 7.49. The third-order valence-corrected chi connectivity index (χ3v) is 6.96. The highest BCUT2D eigenvalue weighted by atomic mass is 35.5. The van der Waals surface area contributed by atoms with E-state index in [2.05, 4.69) is 4.90 Å². The maximum atomic E-state index is 12.4. The molecule has 4 nitrogen and oxygen atoms in total. The summed E-state index contributed by atoms with van der Waals surface area (Å²) in [5.74, 6) is 1.38. The highest BCUT2D eigenvalue weighted by molar-refractivity contribution is 6.30. The number of rotatable bonds is 8. The van der Waals surface area contributed by atoms with Crippen LogP contribution in [0.3, 0.4) is 0 Å². The Morgan fingerprint density at radius 2 is 1.72 bits per heavy atom. The van der Waals surface area contributed by atoms with E-state index in [1.165, 1.54) is 77.4 Å². The van der Waals surface area contributed by atoms with Gasteiger partial charge in [-0.2, -0.15) is 0 Å². The van der Waals surface area contributed by atoms with Crippen molar-refractivity contribution in [3.05, 3.63) is 29.3 Å². The Balaban J connectivity index is 1.28. The number of amides is 1. The Kier molecular flexibility index (Phi) is 9.13. The van der Waals surface area contributed by atoms with Crippen molar-refractivity contribution in [2.24, 2.45) is 5.92 Å². The van der Waals surface area contributed by atoms with Crippen LogP contribution in [0.4, 0.5) is 4.79 Å². The molecule has 5 heteroatoms. The van der Waals surface area contributed by atoms with Crippen molar-refractivity contribution >= 4 is 17.7 Å². The smallest absolute Gasteiger partial charge is 0.410 e. The Bertz CT molecular complexity index is 608. The van der Waals surface area contributed by atoms with Gasteiger partial charge >= 0.3 is 6.09 Å². The number of carbonyl (C=O) groups excluding carboxylic acids is 1. The quantitative estimate of drug-likeness (QED) is 0.457. The highest BCUT2D eigenvalue weighted by Gasteiger charge is 2.27. The van der Waals surface area contributed by atoms with Gasteiger partial charge < -0.3 is 14.5 Å². The lowest BCUT2D eigenvalue weighted by Gasteiger charge is -2.34. The van der Waals surface area contributed by atoms with E-state index in [9.17, 15) is 4.79 Å². The number of carbonyl (C=O) groups is 1. The van der Waals surface area contributed by atoms with E-state index in [4.69, 9.17) is 16.3 Å². The minimum Gasteiger partial charge on any atom is -0.410 e. The van der Waals surface area contributed by atoms with Crippen LogP contribution in [0.15, 0.2) is 24.3 Å². The number of piperidine rings is 1. The van der Waals surface area contributed by atoms with Crippen molar-refractivity contribution in [2.75, 3.05) is 26.7 Å². The number of unbranched alkanes of at least 4 members (excludes halogenated alkanes) is 2. The summed E-state index contributed by atoms with van der Waals surface area (Å²) in [6.45, 7) is 3.93. The molecule has 2 aliphatic rings. The molecule has 1 aliphatic carbocycles. The predicted molar refractivity (Wildman–Crippen MR) is 120 cm³/mol. The van der Waals surface area contributed by atoms with Crippen LogP contribution in [-0.4, -0.2) is 48.6 Å². The van der Waals surface area contributed by atoms with Gasteiger partial charge in [0.1, 0.15) is 5.75 Å². The number of likely N-dealkylation sites (tertiary alicyclic amines) is 1. The summed E-state index contributed by atoms with van der Waals surface area (Å²) in [6, 6.07) is 7.24. The highest BCUT2D eigenvalue weighted by Crippen LogP contribution is 2.31. The Morgan fingerprint density at radius 1 is 1.03 bits per heavy atom. The molecule has 0 radical (unpaired) electrons. The minimum atomic E-state index is -0.270. The molecule has 0 N–H and O–H groups in total. The van der Waals surface area contributed by atoms with Crippen LogP contribution in [0, 0.1) is 5.92 Å². The molecule has 0 bridgehead atoms. The number of halogens is 1. The zero-order valence-corrected chi connectivity index (χ0v) is 18.7. The van der Waals surface area contributed by atoms with Gasteiger partial charge in [0, 0.05) is 18.1 Å². The maximum absolute atomic E-state index is 12.4. The first kappa shape index (κ1) is 22.4. The molecule has 1 saturated heterocycles. The molecule has 0 spiro atoms. The number of nitrogens with zero attached hydrogens (tertiary/aromatic N) is 2. The van der Waals surface area contributed by atoms with E-state index in [0.29, 0.717) is 16.8 Å². The molecule has 1 aromatic rings. The summed E-state index contributed by atoms with van der Waals surface area (Å²) in [7, 11) is 1.86. The average molecular weight is 421 g/mol. The van der Waals surface area contributed by atoms with Crippen molar-refractivity contribution < 1.29 is 9.53 Å². The molecule has 1 heterocycles. The van der Waals surface area contributed by atoms with Gasteiger partial charge in [-0.05, 0) is 94.8 Å². The molecule has 162 valence electrons. The van der Waals surface area contributed by atoms with Gasteiger partial charge in [0.05, 0.1) is 0 Å². The fourth-order valence-corrected chi connectivity index (χ4v) is 4.90. The number of hydrogen-bond acceptors (Lipinski definition) is 3. The first-order chi connectivity index (χ1) is 14.1. The van der Waals surface area contributed by atoms with E-state index in [-0.39, 0.29) is 6.09 Å². The van der Waals surface area contributed by atoms with Gasteiger partial charge in [0.25, 0.3) is 0 Å². The van der Waals surface area contributed by atoms with Gasteiger partial charge in [-0.1, -0.05) is 37.3 Å². The molecule has 2 fully saturated rings. The van der Waals surface area contributed by atoms with Crippen LogP contribution >= 0.6 is 11.6 Å². The molecule has 1 amide bonds. The van der Waals surface area contributed by atoms with E-state index in [1.54, 1.807) is 29.2 Å². The second-order valence-electron chi connectivity index (χ2n) is 8.86. The van der Waals surface area contributed by atoms with Gasteiger partial charge in [-0.3, -0.25) is 0 Å². The van der Waals surface area contributed by atoms with Gasteiger partial charge in [-0.15, -0.1) is 0 Å². The molecule has 0 unspecified atom stereocenters. The zero-order valence-electron chi connectivity index (χ0n) is 18.0. The summed E-state index contributed by atoms with van der Waals surface area (Å²) in [5, 5.41) is 0.642. The molecule has 1 aromatic carbocycles. The number of hydrogen-bond donors (Lipinski definition) is 0. The van der Waals surface area contributed by atoms with Crippen LogP contribution in [0.2, 0.25) is 5.02 Å². The largest absolute Gasteiger partial charge is 0.415 e. The van der Waals surface area contributed by atoms with E-state index in [1.807, 2.05) is 7.05 Å². The molecule has 0 atom stereocenters. The lowest BCUT2D eigenvalue weighted by molar-refractivity contribution is 0.123. The van der Waals surface area contributed by atoms with Gasteiger partial charge in [0.15, 0.2) is 0 Å². The van der Waals surface area contributed by atoms with Crippen molar-refractivity contribution in [1.29, 1.82) is 0 Å². The summed E-state index contributed by atoms with van der Waals surface area (Å²) in [5.41, 5.74) is 0. The van der Waals surface area contributed by atoms with Gasteiger partial charge in [0.2, 0.25) is 0 Å². The Morgan fingerprint density at radius 3 is 2.41 bits per heavy atom. The standard InChI is InChI=1S/C24H37ClN2O2/c1-26(24(28)29-23-15-11-21(25)12-16-23)22-13-9-20(10-14-22)8-4-2-5-17-27-18-6-3-7-19-27/h11-12,15-16,20,22H,2-10,13-14,17-19H2,1H3. The summed E-state index contributed by atoms with van der Waals surface area (Å²) in [6.07, 6.45) is 14.0. The Hall–Kier alpha value is -1.26. The molecule has 29 heavy (non-hydrogen) atoms. The van der Waals surface area contributed by atoms with E-state index < -0.39 is 0 Å². The van der Waals surface area contributed by atoms with Gasteiger partial charge in [-0.25, -0.2) is 4.79 Å². The predicted octanol–water partition coefficient (Wildman–Crippen LogP) is 6.38. The monoisotopic (exact) mass is 420 g/mol. The first-order valence-corrected chi connectivity index (χ1v) is 11.9. The van der Waals surface area contributed by atoms with Crippen molar-refractivity contribution in [3.8, 4) is 5.75 Å². The van der Waals surface area contributed by atoms with Crippen LogP contribution in [-0.2, 0) is 0 Å². The maximum Gasteiger partial charge on any atom is 0.415 e. The van der Waals surface area contributed by atoms with E-state index in [0.717, 1.165) is 18.8 Å². The molecular weight excluding hydrogens is 384 g/mol. The normalized spacial score (nSPS) is 23.0. The summed E-state index contributed by atoms with van der Waals surface area (Å²) in [4.78, 5) is 16.8. The van der Waals surface area contributed by atoms with Crippen LogP contribution in [0.5, 0.6) is 5.75 Å². The topological polar surface area (TPSA) is 32.8 Å². The van der Waals surface area contributed by atoms with Crippen molar-refractivity contribution in [2.45, 2.75) is 76.7 Å². The zero-order chi connectivity index (χ0) is 20.5. The minimum absolute atomic E-state index is 0.270. The van der Waals surface area contributed by atoms with Crippen LogP contribution in [0.1, 0.15) is 70.6 Å². The van der Waals surface area contributed by atoms with Crippen molar-refractivity contribution in [1.82, 2.24) is 9.80 Å². The lowest BCUT2D eigenvalue weighted by Crippen LogP contribution is -2.41. The molecule has 3 rings (SSSR count). The Labute approximate surface area is 181 Å². The summed E-state index contributed by atoms with van der Waals surface area (Å²) < 4.78 is 5.48. The van der Waals surface area contributed by atoms with Crippen LogP contribution < -0.4 is 4.74 Å². The fourth-order valence-electron chi connectivity index (χ4n) is 4.77. The second-order valence-corrected chi connectivity index (χ2v) is 9.30. The molecule has 1 saturated carbocycles. The third-order valence-electron chi connectivity index (χ3n) is 6.71. The average Bonchev–Trinajstić information content (AvgIpc) is 2.76. The summed E-state index contributed by atoms with van der Waals surface area (Å²) >= 11 is 5.88. The lowest BCUT2D eigenvalue weighted by atomic mass is 9.82. The molecule has 1 aliphatic heterocycles. The molecular formula is C24H37ClN2O2. The SMILES string of the molecule is CN(C(=O)Oc1ccc(Cl)cc1)C1CCC(CCCCCN2CCCCC2)CC1.